The second kappa shape index (κ2) is 8.58. The molecule has 0 bridgehead atoms. The van der Waals surface area contributed by atoms with Gasteiger partial charge in [-0.1, -0.05) is 5.16 Å². The summed E-state index contributed by atoms with van der Waals surface area (Å²) in [6.07, 6.45) is 3.19. The number of ether oxygens (including phenoxy) is 1. The van der Waals surface area contributed by atoms with Crippen LogP contribution >= 0.6 is 0 Å². The predicted octanol–water partition coefficient (Wildman–Crippen LogP) is 2.79. The van der Waals surface area contributed by atoms with E-state index in [1.54, 1.807) is 12.0 Å². The van der Waals surface area contributed by atoms with Gasteiger partial charge in [-0.15, -0.1) is 0 Å². The molecule has 1 aromatic heterocycles. The lowest BCUT2D eigenvalue weighted by atomic mass is 10.0. The molecule has 1 aliphatic heterocycles. The van der Waals surface area contributed by atoms with E-state index < -0.39 is 23.5 Å². The number of carbonyl (C=O) groups excluding carboxylic acids is 1. The van der Waals surface area contributed by atoms with Crippen molar-refractivity contribution in [1.82, 2.24) is 15.0 Å². The van der Waals surface area contributed by atoms with Gasteiger partial charge in [0.25, 0.3) is 0 Å². The summed E-state index contributed by atoms with van der Waals surface area (Å²) in [5, 5.41) is 4.11. The molecule has 10 heteroatoms. The molecule has 2 aromatic rings. The molecule has 4 rings (SSSR count). The molecule has 2 N–H and O–H groups in total. The Morgan fingerprint density at radius 2 is 2.06 bits per heavy atom. The number of rotatable bonds is 8. The van der Waals surface area contributed by atoms with Crippen molar-refractivity contribution in [3.8, 4) is 0 Å². The molecule has 2 heterocycles. The molecule has 2 fully saturated rings. The van der Waals surface area contributed by atoms with E-state index in [0.717, 1.165) is 25.3 Å². The predicted molar refractivity (Wildman–Crippen MR) is 103 cm³/mol. The standard InChI is InChI=1S/C21H25F3N4O3/c1-30-11-21(4-5-21)20-26-19(31-27-20)17-3-2-6-28(17)18(29)9-13(25)7-12-8-15(23)16(24)10-14(12)22/h8,10,13,17H,2-7,9,11,25H2,1H3/t13-,17+/m1/s1. The lowest BCUT2D eigenvalue weighted by Crippen LogP contribution is -2.36. The minimum atomic E-state index is -1.26. The zero-order valence-corrected chi connectivity index (χ0v) is 17.2. The van der Waals surface area contributed by atoms with Crippen molar-refractivity contribution in [3.05, 3.63) is 46.9 Å². The SMILES string of the molecule is COCC1(c2noc([C@@H]3CCCN3C(=O)C[C@H](N)Cc3cc(F)c(F)cc3F)n2)CC1. The van der Waals surface area contributed by atoms with E-state index in [1.165, 1.54) is 0 Å². The van der Waals surface area contributed by atoms with Gasteiger partial charge in [0, 0.05) is 32.2 Å². The van der Waals surface area contributed by atoms with Crippen LogP contribution in [-0.4, -0.2) is 47.3 Å². The topological polar surface area (TPSA) is 94.5 Å². The highest BCUT2D eigenvalue weighted by molar-refractivity contribution is 5.77. The van der Waals surface area contributed by atoms with Crippen molar-refractivity contribution >= 4 is 5.91 Å². The van der Waals surface area contributed by atoms with Crippen molar-refractivity contribution in [2.75, 3.05) is 20.3 Å². The number of nitrogens with two attached hydrogens (primary N) is 1. The van der Waals surface area contributed by atoms with Gasteiger partial charge in [-0.3, -0.25) is 4.79 Å². The van der Waals surface area contributed by atoms with Crippen LogP contribution in [-0.2, 0) is 21.4 Å². The normalized spacial score (nSPS) is 20.8. The van der Waals surface area contributed by atoms with Crippen molar-refractivity contribution in [2.45, 2.75) is 56.0 Å². The molecule has 0 spiro atoms. The van der Waals surface area contributed by atoms with Gasteiger partial charge in [0.15, 0.2) is 17.5 Å². The van der Waals surface area contributed by atoms with Crippen LogP contribution in [0.15, 0.2) is 16.7 Å². The first-order chi connectivity index (χ1) is 14.8. The Morgan fingerprint density at radius 3 is 2.77 bits per heavy atom. The van der Waals surface area contributed by atoms with E-state index in [0.29, 0.717) is 37.4 Å². The average molecular weight is 438 g/mol. The number of hydrogen-bond acceptors (Lipinski definition) is 6. The summed E-state index contributed by atoms with van der Waals surface area (Å²) in [4.78, 5) is 19.1. The zero-order chi connectivity index (χ0) is 22.2. The molecule has 0 unspecified atom stereocenters. The number of carbonyl (C=O) groups is 1. The third-order valence-electron chi connectivity index (χ3n) is 6.06. The van der Waals surface area contributed by atoms with Crippen molar-refractivity contribution in [2.24, 2.45) is 5.73 Å². The number of hydrogen-bond donors (Lipinski definition) is 1. The fourth-order valence-corrected chi connectivity index (χ4v) is 4.18. The maximum absolute atomic E-state index is 13.9. The Hall–Kier alpha value is -2.46. The van der Waals surface area contributed by atoms with E-state index in [-0.39, 0.29) is 35.8 Å². The highest BCUT2D eigenvalue weighted by Gasteiger charge is 2.49. The van der Waals surface area contributed by atoms with Gasteiger partial charge in [-0.05, 0) is 43.7 Å². The molecule has 2 aliphatic rings. The minimum Gasteiger partial charge on any atom is -0.384 e. The summed E-state index contributed by atoms with van der Waals surface area (Å²) >= 11 is 0. The highest BCUT2D eigenvalue weighted by atomic mass is 19.2. The van der Waals surface area contributed by atoms with Crippen molar-refractivity contribution in [1.29, 1.82) is 0 Å². The van der Waals surface area contributed by atoms with Gasteiger partial charge in [-0.25, -0.2) is 13.2 Å². The van der Waals surface area contributed by atoms with E-state index in [4.69, 9.17) is 15.0 Å². The Bertz CT molecular complexity index is 963. The first-order valence-corrected chi connectivity index (χ1v) is 10.3. The molecule has 168 valence electrons. The van der Waals surface area contributed by atoms with Gasteiger partial charge >= 0.3 is 0 Å². The molecule has 1 saturated carbocycles. The maximum Gasteiger partial charge on any atom is 0.249 e. The van der Waals surface area contributed by atoms with Crippen LogP contribution in [0.3, 0.4) is 0 Å². The fourth-order valence-electron chi connectivity index (χ4n) is 4.18. The number of methoxy groups -OCH3 is 1. The molecule has 31 heavy (non-hydrogen) atoms. The lowest BCUT2D eigenvalue weighted by Gasteiger charge is -2.23. The molecule has 1 aliphatic carbocycles. The Morgan fingerprint density at radius 1 is 1.32 bits per heavy atom. The first kappa shape index (κ1) is 21.8. The molecule has 1 saturated heterocycles. The van der Waals surface area contributed by atoms with Crippen LogP contribution in [0.2, 0.25) is 0 Å². The van der Waals surface area contributed by atoms with Crippen LogP contribution in [0.1, 0.15) is 55.4 Å². The van der Waals surface area contributed by atoms with Crippen molar-refractivity contribution in [3.63, 3.8) is 0 Å². The van der Waals surface area contributed by atoms with Gasteiger partial charge in [0.2, 0.25) is 11.8 Å². The summed E-state index contributed by atoms with van der Waals surface area (Å²) in [5.74, 6) is -2.52. The monoisotopic (exact) mass is 438 g/mol. The van der Waals surface area contributed by atoms with Crippen LogP contribution in [0.5, 0.6) is 0 Å². The Labute approximate surface area is 177 Å². The van der Waals surface area contributed by atoms with Crippen LogP contribution in [0.25, 0.3) is 0 Å². The largest absolute Gasteiger partial charge is 0.384 e. The zero-order valence-electron chi connectivity index (χ0n) is 17.2. The fraction of sp³-hybridized carbons (Fsp3) is 0.571. The summed E-state index contributed by atoms with van der Waals surface area (Å²) in [5.41, 5.74) is 5.77. The minimum absolute atomic E-state index is 0.0633. The van der Waals surface area contributed by atoms with Gasteiger partial charge in [0.05, 0.1) is 12.0 Å². The second-order valence-electron chi connectivity index (χ2n) is 8.44. The molecule has 0 radical (unpaired) electrons. The van der Waals surface area contributed by atoms with E-state index in [2.05, 4.69) is 10.1 Å². The first-order valence-electron chi connectivity index (χ1n) is 10.3. The second-order valence-corrected chi connectivity index (χ2v) is 8.44. The van der Waals surface area contributed by atoms with Gasteiger partial charge < -0.3 is 19.9 Å². The lowest BCUT2D eigenvalue weighted by molar-refractivity contribution is -0.132. The third kappa shape index (κ3) is 4.45. The average Bonchev–Trinajstić information content (AvgIpc) is 3.14. The van der Waals surface area contributed by atoms with E-state index in [1.807, 2.05) is 0 Å². The summed E-state index contributed by atoms with van der Waals surface area (Å²) in [7, 11) is 1.63. The third-order valence-corrected chi connectivity index (χ3v) is 6.06. The summed E-state index contributed by atoms with van der Waals surface area (Å²) in [6, 6.07) is 0.183. The van der Waals surface area contributed by atoms with Gasteiger partial charge in [-0.2, -0.15) is 4.98 Å². The van der Waals surface area contributed by atoms with Crippen LogP contribution in [0.4, 0.5) is 13.2 Å². The summed E-state index contributed by atoms with van der Waals surface area (Å²) in [6.45, 7) is 1.05. The van der Waals surface area contributed by atoms with Crippen LogP contribution in [0, 0.1) is 17.5 Å². The van der Waals surface area contributed by atoms with Crippen molar-refractivity contribution < 1.29 is 27.2 Å². The van der Waals surface area contributed by atoms with E-state index in [9.17, 15) is 18.0 Å². The van der Waals surface area contributed by atoms with Gasteiger partial charge in [0.1, 0.15) is 11.9 Å². The number of benzene rings is 1. The molecular weight excluding hydrogens is 413 g/mol. The Kier molecular flexibility index (Phi) is 6.02. The molecule has 1 aromatic carbocycles. The Balaban J connectivity index is 1.40. The smallest absolute Gasteiger partial charge is 0.249 e. The summed E-state index contributed by atoms with van der Waals surface area (Å²) < 4.78 is 51.1. The number of nitrogens with zero attached hydrogens (tertiary/aromatic N) is 3. The molecular formula is C21H25F3N4O3. The molecule has 1 amide bonds. The molecule has 7 nitrogen and oxygen atoms in total. The highest BCUT2D eigenvalue weighted by Crippen LogP contribution is 2.47. The number of likely N-dealkylation sites (tertiary alicyclic amines) is 1. The quantitative estimate of drug-likeness (QED) is 0.637. The number of halogens is 3. The van der Waals surface area contributed by atoms with E-state index >= 15 is 0 Å². The number of amides is 1. The maximum atomic E-state index is 13.9. The van der Waals surface area contributed by atoms with Crippen LogP contribution < -0.4 is 5.73 Å². The number of aromatic nitrogens is 2. The molecule has 2 atom stereocenters.